The lowest BCUT2D eigenvalue weighted by atomic mass is 10.2. The number of nitrogens with one attached hydrogen (secondary N) is 1. The summed E-state index contributed by atoms with van der Waals surface area (Å²) in [6.07, 6.45) is 1.83. The van der Waals surface area contributed by atoms with Crippen molar-refractivity contribution in [2.45, 2.75) is 18.2 Å². The van der Waals surface area contributed by atoms with Crippen LogP contribution in [-0.4, -0.2) is 61.1 Å². The third-order valence-corrected chi connectivity index (χ3v) is 5.50. The van der Waals surface area contributed by atoms with Crippen molar-refractivity contribution in [3.63, 3.8) is 0 Å². The second kappa shape index (κ2) is 7.90. The Balaban J connectivity index is 1.41. The van der Waals surface area contributed by atoms with E-state index in [9.17, 15) is 9.59 Å². The van der Waals surface area contributed by atoms with E-state index in [1.54, 1.807) is 7.11 Å². The molecule has 7 heteroatoms. The summed E-state index contributed by atoms with van der Waals surface area (Å²) >= 11 is 1.12. The predicted octanol–water partition coefficient (Wildman–Crippen LogP) is 1.31. The molecular weight excluding hydrogens is 326 g/mol. The van der Waals surface area contributed by atoms with Gasteiger partial charge >= 0.3 is 0 Å². The second-order valence-corrected chi connectivity index (χ2v) is 7.19. The van der Waals surface area contributed by atoms with Crippen LogP contribution in [0.25, 0.3) is 0 Å². The van der Waals surface area contributed by atoms with Crippen molar-refractivity contribution in [1.29, 1.82) is 0 Å². The van der Waals surface area contributed by atoms with Crippen molar-refractivity contribution >= 4 is 28.5 Å². The van der Waals surface area contributed by atoms with E-state index in [1.165, 1.54) is 0 Å². The van der Waals surface area contributed by atoms with Gasteiger partial charge in [-0.15, -0.1) is 0 Å². The third kappa shape index (κ3) is 4.02. The summed E-state index contributed by atoms with van der Waals surface area (Å²) in [6, 6.07) is 8.13. The summed E-state index contributed by atoms with van der Waals surface area (Å²) in [7, 11) is 1.71. The number of anilines is 1. The molecule has 3 rings (SSSR count). The van der Waals surface area contributed by atoms with E-state index >= 15 is 0 Å². The first kappa shape index (κ1) is 17.1. The van der Waals surface area contributed by atoms with Gasteiger partial charge < -0.3 is 15.0 Å². The number of ether oxygens (including phenoxy) is 1. The van der Waals surface area contributed by atoms with Gasteiger partial charge in [-0.25, -0.2) is 0 Å². The maximum atomic E-state index is 11.2. The first-order valence-corrected chi connectivity index (χ1v) is 9.17. The van der Waals surface area contributed by atoms with Crippen molar-refractivity contribution in [1.82, 2.24) is 10.2 Å². The Hall–Kier alpha value is -1.73. The lowest BCUT2D eigenvalue weighted by Crippen LogP contribution is -2.46. The average Bonchev–Trinajstić information content (AvgIpc) is 2.93. The molecular formula is C17H23N3O3S. The number of carbonyl (C=O) groups excluding carboxylic acids is 2. The maximum absolute atomic E-state index is 11.2. The molecule has 0 radical (unpaired) electrons. The van der Waals surface area contributed by atoms with Crippen molar-refractivity contribution in [3.05, 3.63) is 24.3 Å². The van der Waals surface area contributed by atoms with Gasteiger partial charge in [0.05, 0.1) is 18.2 Å². The van der Waals surface area contributed by atoms with E-state index in [1.807, 2.05) is 18.2 Å². The van der Waals surface area contributed by atoms with Gasteiger partial charge in [0.25, 0.3) is 11.0 Å². The molecule has 2 aliphatic rings. The van der Waals surface area contributed by atoms with Crippen LogP contribution in [0.15, 0.2) is 24.3 Å². The standard InChI is InChI=1S/C17H23N3O3S/c1-23-14-6-3-2-5-13(14)20-11-9-19(10-12-20)8-4-7-15-18-16(21)17(22)24-15/h2-3,5-6,15H,4,7-12H2,1H3,(H,18,21). The Morgan fingerprint density at radius 3 is 2.62 bits per heavy atom. The molecule has 24 heavy (non-hydrogen) atoms. The number of methoxy groups -OCH3 is 1. The molecule has 130 valence electrons. The van der Waals surface area contributed by atoms with Crippen LogP contribution in [0.4, 0.5) is 5.69 Å². The highest BCUT2D eigenvalue weighted by Gasteiger charge is 2.30. The van der Waals surface area contributed by atoms with Gasteiger partial charge in [0.1, 0.15) is 5.75 Å². The number of hydrogen-bond acceptors (Lipinski definition) is 6. The molecule has 0 saturated carbocycles. The highest BCUT2D eigenvalue weighted by Crippen LogP contribution is 2.28. The number of hydrogen-bond donors (Lipinski definition) is 1. The fraction of sp³-hybridized carbons (Fsp3) is 0.529. The van der Waals surface area contributed by atoms with E-state index in [-0.39, 0.29) is 10.5 Å². The van der Waals surface area contributed by atoms with Gasteiger partial charge in [0.15, 0.2) is 0 Å². The topological polar surface area (TPSA) is 61.9 Å². The van der Waals surface area contributed by atoms with E-state index < -0.39 is 5.91 Å². The fourth-order valence-corrected chi connectivity index (χ4v) is 4.03. The monoisotopic (exact) mass is 349 g/mol. The van der Waals surface area contributed by atoms with E-state index in [0.29, 0.717) is 0 Å². The molecule has 1 amide bonds. The summed E-state index contributed by atoms with van der Waals surface area (Å²) in [5, 5.41) is 2.32. The lowest BCUT2D eigenvalue weighted by Gasteiger charge is -2.36. The van der Waals surface area contributed by atoms with Crippen LogP contribution in [-0.2, 0) is 9.59 Å². The van der Waals surface area contributed by atoms with Gasteiger partial charge in [-0.2, -0.15) is 0 Å². The maximum Gasteiger partial charge on any atom is 0.299 e. The highest BCUT2D eigenvalue weighted by molar-refractivity contribution is 8.16. The largest absolute Gasteiger partial charge is 0.495 e. The van der Waals surface area contributed by atoms with Crippen LogP contribution >= 0.6 is 11.8 Å². The molecule has 0 spiro atoms. The van der Waals surface area contributed by atoms with Gasteiger partial charge in [0, 0.05) is 26.2 Å². The highest BCUT2D eigenvalue weighted by atomic mass is 32.2. The van der Waals surface area contributed by atoms with Crippen LogP contribution < -0.4 is 15.0 Å². The third-order valence-electron chi connectivity index (χ3n) is 4.47. The fourth-order valence-electron chi connectivity index (χ4n) is 3.15. The van der Waals surface area contributed by atoms with Crippen LogP contribution in [0.1, 0.15) is 12.8 Å². The van der Waals surface area contributed by atoms with Crippen LogP contribution in [0.3, 0.4) is 0 Å². The van der Waals surface area contributed by atoms with Gasteiger partial charge in [0.2, 0.25) is 0 Å². The van der Waals surface area contributed by atoms with Gasteiger partial charge in [-0.1, -0.05) is 23.9 Å². The van der Waals surface area contributed by atoms with Crippen LogP contribution in [0.5, 0.6) is 5.75 Å². The van der Waals surface area contributed by atoms with Gasteiger partial charge in [-0.05, 0) is 31.5 Å². The number of nitrogens with zero attached hydrogens (tertiary/aromatic N) is 2. The van der Waals surface area contributed by atoms with Gasteiger partial charge in [-0.3, -0.25) is 14.5 Å². The Morgan fingerprint density at radius 2 is 1.96 bits per heavy atom. The SMILES string of the molecule is COc1ccccc1N1CCN(CCCC2NC(=O)C(=O)S2)CC1. The van der Waals surface area contributed by atoms with E-state index in [2.05, 4.69) is 21.2 Å². The number of thioether (sulfide) groups is 1. The molecule has 1 unspecified atom stereocenters. The molecule has 2 fully saturated rings. The summed E-state index contributed by atoms with van der Waals surface area (Å²) in [6.45, 7) is 4.99. The minimum Gasteiger partial charge on any atom is -0.495 e. The molecule has 2 aliphatic heterocycles. The Bertz CT molecular complexity index is 586. The van der Waals surface area contributed by atoms with Crippen molar-refractivity contribution in [3.8, 4) is 5.75 Å². The normalized spacial score (nSPS) is 21.9. The minimum atomic E-state index is -0.449. The number of piperazine rings is 1. The molecule has 1 aromatic rings. The second-order valence-electron chi connectivity index (χ2n) is 6.01. The Labute approximate surface area is 146 Å². The molecule has 1 atom stereocenters. The van der Waals surface area contributed by atoms with Crippen molar-refractivity contribution in [2.75, 3.05) is 44.7 Å². The summed E-state index contributed by atoms with van der Waals surface area (Å²) < 4.78 is 5.45. The van der Waals surface area contributed by atoms with Crippen molar-refractivity contribution < 1.29 is 14.3 Å². The summed E-state index contributed by atoms with van der Waals surface area (Å²) in [5.41, 5.74) is 1.16. The number of carbonyl (C=O) groups is 2. The van der Waals surface area contributed by atoms with Crippen LogP contribution in [0.2, 0.25) is 0 Å². The smallest absolute Gasteiger partial charge is 0.299 e. The van der Waals surface area contributed by atoms with Crippen molar-refractivity contribution in [2.24, 2.45) is 0 Å². The van der Waals surface area contributed by atoms with E-state index in [0.717, 1.165) is 68.8 Å². The quantitative estimate of drug-likeness (QED) is 0.782. The minimum absolute atomic E-state index is 0.0418. The molecule has 0 aliphatic carbocycles. The Kier molecular flexibility index (Phi) is 5.63. The first-order chi connectivity index (χ1) is 11.7. The summed E-state index contributed by atoms with van der Waals surface area (Å²) in [4.78, 5) is 27.2. The zero-order valence-corrected chi connectivity index (χ0v) is 14.7. The molecule has 2 saturated heterocycles. The zero-order valence-electron chi connectivity index (χ0n) is 13.9. The number of benzene rings is 1. The number of rotatable bonds is 6. The molecule has 0 bridgehead atoms. The molecule has 1 aromatic carbocycles. The zero-order chi connectivity index (χ0) is 16.9. The molecule has 6 nitrogen and oxygen atoms in total. The first-order valence-electron chi connectivity index (χ1n) is 8.29. The average molecular weight is 349 g/mol. The molecule has 1 N–H and O–H groups in total. The number of amides is 1. The van der Waals surface area contributed by atoms with Crippen LogP contribution in [0, 0.1) is 0 Å². The lowest BCUT2D eigenvalue weighted by molar-refractivity contribution is -0.132. The molecule has 0 aromatic heterocycles. The Morgan fingerprint density at radius 1 is 1.21 bits per heavy atom. The number of para-hydroxylation sites is 2. The summed E-state index contributed by atoms with van der Waals surface area (Å²) in [5.74, 6) is 0.472. The molecule has 2 heterocycles. The predicted molar refractivity (Wildman–Crippen MR) is 95.4 cm³/mol. The van der Waals surface area contributed by atoms with E-state index in [4.69, 9.17) is 4.74 Å².